The van der Waals surface area contributed by atoms with Crippen LogP contribution in [-0.4, -0.2) is 30.0 Å². The monoisotopic (exact) mass is 376 g/mol. The first-order valence-corrected chi connectivity index (χ1v) is 9.28. The Morgan fingerprint density at radius 3 is 2.54 bits per heavy atom. The summed E-state index contributed by atoms with van der Waals surface area (Å²) in [7, 11) is 0. The van der Waals surface area contributed by atoms with E-state index in [1.54, 1.807) is 12.1 Å². The highest BCUT2D eigenvalue weighted by Gasteiger charge is 2.19. The largest absolute Gasteiger partial charge is 0.439 e. The van der Waals surface area contributed by atoms with Crippen molar-refractivity contribution >= 4 is 17.3 Å². The number of nitrogens with one attached hydrogen (secondary N) is 1. The molecule has 144 valence electrons. The average Bonchev–Trinajstić information content (AvgIpc) is 3.16. The number of nitrogens with two attached hydrogens (primary N) is 1. The maximum Gasteiger partial charge on any atom is 0.257 e. The summed E-state index contributed by atoms with van der Waals surface area (Å²) in [5.41, 5.74) is 8.29. The van der Waals surface area contributed by atoms with Gasteiger partial charge in [-0.1, -0.05) is 18.2 Å². The van der Waals surface area contributed by atoms with Gasteiger partial charge in [0.2, 0.25) is 5.88 Å². The Morgan fingerprint density at radius 1 is 1.11 bits per heavy atom. The van der Waals surface area contributed by atoms with Crippen LogP contribution in [0.15, 0.2) is 72.9 Å². The van der Waals surface area contributed by atoms with Gasteiger partial charge in [-0.05, 0) is 48.9 Å². The molecule has 0 spiro atoms. The van der Waals surface area contributed by atoms with Gasteiger partial charge in [0.25, 0.3) is 5.91 Å². The maximum absolute atomic E-state index is 12.4. The Kier molecular flexibility index (Phi) is 5.21. The second kappa shape index (κ2) is 8.10. The molecule has 0 saturated carbocycles. The molecular formula is C22H24N4O2. The molecule has 28 heavy (non-hydrogen) atoms. The average molecular weight is 376 g/mol. The molecule has 1 saturated heterocycles. The minimum atomic E-state index is -0.213. The van der Waals surface area contributed by atoms with E-state index in [9.17, 15) is 4.79 Å². The molecular weight excluding hydrogens is 352 g/mol. The number of benzene rings is 2. The fourth-order valence-electron chi connectivity index (χ4n) is 3.16. The van der Waals surface area contributed by atoms with Crippen LogP contribution in [-0.2, 0) is 0 Å². The van der Waals surface area contributed by atoms with Crippen LogP contribution in [0, 0.1) is 0 Å². The zero-order valence-electron chi connectivity index (χ0n) is 15.4. The van der Waals surface area contributed by atoms with Crippen LogP contribution >= 0.6 is 0 Å². The second-order valence-electron chi connectivity index (χ2n) is 6.80. The van der Waals surface area contributed by atoms with E-state index in [1.165, 1.54) is 6.20 Å². The van der Waals surface area contributed by atoms with Gasteiger partial charge in [-0.25, -0.2) is 4.98 Å². The van der Waals surface area contributed by atoms with Gasteiger partial charge in [-0.3, -0.25) is 4.79 Å². The molecule has 2 aromatic carbocycles. The van der Waals surface area contributed by atoms with E-state index in [0.717, 1.165) is 30.9 Å². The molecule has 6 heteroatoms. The van der Waals surface area contributed by atoms with Crippen molar-refractivity contribution in [3.63, 3.8) is 0 Å². The number of para-hydroxylation sites is 1. The topological polar surface area (TPSA) is 80.5 Å². The lowest BCUT2D eigenvalue weighted by molar-refractivity contribution is 0.102. The summed E-state index contributed by atoms with van der Waals surface area (Å²) >= 11 is 0. The number of aromatic nitrogens is 1. The summed E-state index contributed by atoms with van der Waals surface area (Å²) in [4.78, 5) is 18.9. The molecule has 1 aliphatic heterocycles. The van der Waals surface area contributed by atoms with Crippen molar-refractivity contribution in [2.75, 3.05) is 23.3 Å². The Bertz CT molecular complexity index is 933. The standard InChI is InChI=1S/C22H22N4O2.H2/c23-17-12-13-26(15-17)19-9-7-18(8-10-19)25-22(27)16-6-11-21(24-14-16)28-20-4-2-1-3-5-20;/h1-11,14,17H,12-13,15,23H2,(H,25,27);1H. The molecule has 4 rings (SSSR count). The third kappa shape index (κ3) is 4.29. The smallest absolute Gasteiger partial charge is 0.257 e. The normalized spacial score (nSPS) is 16.0. The highest BCUT2D eigenvalue weighted by molar-refractivity contribution is 6.04. The van der Waals surface area contributed by atoms with Crippen molar-refractivity contribution in [3.8, 4) is 11.6 Å². The molecule has 1 amide bonds. The van der Waals surface area contributed by atoms with Gasteiger partial charge in [-0.15, -0.1) is 0 Å². The van der Waals surface area contributed by atoms with Gasteiger partial charge >= 0.3 is 0 Å². The van der Waals surface area contributed by atoms with E-state index in [2.05, 4.69) is 15.2 Å². The third-order valence-electron chi connectivity index (χ3n) is 4.68. The highest BCUT2D eigenvalue weighted by atomic mass is 16.5. The number of anilines is 2. The van der Waals surface area contributed by atoms with Crippen LogP contribution < -0.4 is 20.7 Å². The quantitative estimate of drug-likeness (QED) is 0.706. The van der Waals surface area contributed by atoms with Crippen molar-refractivity contribution < 1.29 is 11.0 Å². The first kappa shape index (κ1) is 18.0. The number of carbonyl (C=O) groups is 1. The van der Waals surface area contributed by atoms with E-state index >= 15 is 0 Å². The first-order chi connectivity index (χ1) is 13.7. The maximum atomic E-state index is 12.4. The molecule has 0 radical (unpaired) electrons. The molecule has 1 fully saturated rings. The zero-order valence-corrected chi connectivity index (χ0v) is 15.4. The molecule has 2 heterocycles. The van der Waals surface area contributed by atoms with Crippen LogP contribution in [0.1, 0.15) is 18.2 Å². The molecule has 3 N–H and O–H groups in total. The number of rotatable bonds is 5. The molecule has 3 aromatic rings. The summed E-state index contributed by atoms with van der Waals surface area (Å²) in [5, 5.41) is 2.89. The summed E-state index contributed by atoms with van der Waals surface area (Å²) in [5.74, 6) is 0.928. The van der Waals surface area contributed by atoms with Crippen LogP contribution in [0.3, 0.4) is 0 Å². The Morgan fingerprint density at radius 2 is 1.89 bits per heavy atom. The van der Waals surface area contributed by atoms with Crippen molar-refractivity contribution in [1.82, 2.24) is 4.98 Å². The zero-order chi connectivity index (χ0) is 19.3. The van der Waals surface area contributed by atoms with Crippen LogP contribution in [0.2, 0.25) is 0 Å². The van der Waals surface area contributed by atoms with Crippen molar-refractivity contribution in [2.24, 2.45) is 5.73 Å². The van der Waals surface area contributed by atoms with Crippen molar-refractivity contribution in [3.05, 3.63) is 78.5 Å². The number of hydrogen-bond acceptors (Lipinski definition) is 5. The Hall–Kier alpha value is -3.38. The van der Waals surface area contributed by atoms with Gasteiger partial charge in [0.15, 0.2) is 0 Å². The fourth-order valence-corrected chi connectivity index (χ4v) is 3.16. The SMILES string of the molecule is NC1CCN(c2ccc(NC(=O)c3ccc(Oc4ccccc4)nc3)cc2)C1.[HH]. The minimum absolute atomic E-state index is 0. The van der Waals surface area contributed by atoms with E-state index in [-0.39, 0.29) is 13.4 Å². The molecule has 1 atom stereocenters. The van der Waals surface area contributed by atoms with Gasteiger partial charge in [0, 0.05) is 44.2 Å². The number of amides is 1. The number of carbonyl (C=O) groups excluding carboxylic acids is 1. The fraction of sp³-hybridized carbons (Fsp3) is 0.182. The number of hydrogen-bond donors (Lipinski definition) is 2. The second-order valence-corrected chi connectivity index (χ2v) is 6.80. The van der Waals surface area contributed by atoms with Gasteiger partial charge in [-0.2, -0.15) is 0 Å². The summed E-state index contributed by atoms with van der Waals surface area (Å²) in [6.45, 7) is 1.84. The van der Waals surface area contributed by atoms with E-state index < -0.39 is 0 Å². The summed E-state index contributed by atoms with van der Waals surface area (Å²) < 4.78 is 5.64. The van der Waals surface area contributed by atoms with Crippen molar-refractivity contribution in [2.45, 2.75) is 12.5 Å². The van der Waals surface area contributed by atoms with E-state index in [0.29, 0.717) is 17.2 Å². The molecule has 0 bridgehead atoms. The molecule has 6 nitrogen and oxygen atoms in total. The van der Waals surface area contributed by atoms with Gasteiger partial charge in [0.05, 0.1) is 5.56 Å². The first-order valence-electron chi connectivity index (χ1n) is 9.28. The number of nitrogens with zero attached hydrogens (tertiary/aromatic N) is 2. The number of pyridine rings is 1. The van der Waals surface area contributed by atoms with Crippen LogP contribution in [0.25, 0.3) is 0 Å². The lowest BCUT2D eigenvalue weighted by Gasteiger charge is -2.18. The lowest BCUT2D eigenvalue weighted by Crippen LogP contribution is -2.26. The van der Waals surface area contributed by atoms with Crippen LogP contribution in [0.5, 0.6) is 11.6 Å². The predicted octanol–water partition coefficient (Wildman–Crippen LogP) is 3.91. The van der Waals surface area contributed by atoms with E-state index in [1.807, 2.05) is 54.6 Å². The molecule has 1 aromatic heterocycles. The Labute approximate surface area is 165 Å². The highest BCUT2D eigenvalue weighted by Crippen LogP contribution is 2.22. The molecule has 1 aliphatic rings. The lowest BCUT2D eigenvalue weighted by atomic mass is 10.2. The van der Waals surface area contributed by atoms with Gasteiger partial charge in [0.1, 0.15) is 5.75 Å². The molecule has 0 aliphatic carbocycles. The summed E-state index contributed by atoms with van der Waals surface area (Å²) in [6.07, 6.45) is 2.52. The molecule has 1 unspecified atom stereocenters. The minimum Gasteiger partial charge on any atom is -0.439 e. The predicted molar refractivity (Wildman–Crippen MR) is 112 cm³/mol. The van der Waals surface area contributed by atoms with Gasteiger partial charge < -0.3 is 20.7 Å². The van der Waals surface area contributed by atoms with E-state index in [4.69, 9.17) is 10.5 Å². The Balaban J connectivity index is 0.00000240. The summed E-state index contributed by atoms with van der Waals surface area (Å²) in [6, 6.07) is 20.8. The third-order valence-corrected chi connectivity index (χ3v) is 4.68. The van der Waals surface area contributed by atoms with Crippen molar-refractivity contribution in [1.29, 1.82) is 0 Å². The van der Waals surface area contributed by atoms with Crippen LogP contribution in [0.4, 0.5) is 11.4 Å². The number of ether oxygens (including phenoxy) is 1.